The molecule has 2 rings (SSSR count). The van der Waals surface area contributed by atoms with Gasteiger partial charge in [0, 0.05) is 17.0 Å². The number of nitro benzene ring substituents is 1. The zero-order valence-corrected chi connectivity index (χ0v) is 14.8. The number of nitrogens with zero attached hydrogens (tertiary/aromatic N) is 1. The summed E-state index contributed by atoms with van der Waals surface area (Å²) in [6, 6.07) is 6.75. The van der Waals surface area contributed by atoms with Gasteiger partial charge in [0.05, 0.1) is 17.7 Å². The van der Waals surface area contributed by atoms with Crippen molar-refractivity contribution in [1.82, 2.24) is 0 Å². The predicted molar refractivity (Wildman–Crippen MR) is 84.8 cm³/mol. The number of hydrogen-bond donors (Lipinski definition) is 0. The molecule has 0 fully saturated rings. The number of nitro groups is 1. The van der Waals surface area contributed by atoms with Crippen molar-refractivity contribution < 1.29 is 9.66 Å². The van der Waals surface area contributed by atoms with E-state index in [1.54, 1.807) is 11.3 Å². The first-order valence-electron chi connectivity index (χ1n) is 4.98. The second-order valence-corrected chi connectivity index (χ2v) is 7.75. The lowest BCUT2D eigenvalue weighted by atomic mass is 10.3. The van der Waals surface area contributed by atoms with Crippen molar-refractivity contribution in [2.75, 3.05) is 0 Å². The van der Waals surface area contributed by atoms with E-state index in [0.717, 1.165) is 8.66 Å². The average molecular weight is 472 g/mol. The van der Waals surface area contributed by atoms with Crippen molar-refractivity contribution in [1.29, 1.82) is 0 Å². The minimum absolute atomic E-state index is 0.00460. The van der Waals surface area contributed by atoms with Gasteiger partial charge in [0.15, 0.2) is 0 Å². The third kappa shape index (κ3) is 3.77. The zero-order valence-electron chi connectivity index (χ0n) is 9.23. The molecule has 100 valence electrons. The zero-order chi connectivity index (χ0) is 14.0. The number of rotatable bonds is 4. The summed E-state index contributed by atoms with van der Waals surface area (Å²) in [5.74, 6) is 0.551. The smallest absolute Gasteiger partial charge is 0.271 e. The van der Waals surface area contributed by atoms with Gasteiger partial charge in [0.1, 0.15) is 12.4 Å². The van der Waals surface area contributed by atoms with E-state index >= 15 is 0 Å². The Balaban J connectivity index is 2.18. The van der Waals surface area contributed by atoms with Crippen molar-refractivity contribution >= 4 is 64.8 Å². The predicted octanol–water partition coefficient (Wildman–Crippen LogP) is 5.52. The summed E-state index contributed by atoms with van der Waals surface area (Å²) < 4.78 is 7.80. The molecule has 0 aliphatic heterocycles. The van der Waals surface area contributed by atoms with Gasteiger partial charge in [-0.25, -0.2) is 0 Å². The molecule has 0 saturated heterocycles. The van der Waals surface area contributed by atoms with Gasteiger partial charge in [-0.1, -0.05) is 0 Å². The molecule has 0 aliphatic carbocycles. The van der Waals surface area contributed by atoms with Gasteiger partial charge >= 0.3 is 0 Å². The molecule has 0 N–H and O–H groups in total. The summed E-state index contributed by atoms with van der Waals surface area (Å²) in [6.07, 6.45) is 0. The van der Waals surface area contributed by atoms with Crippen LogP contribution in [0, 0.1) is 10.1 Å². The van der Waals surface area contributed by atoms with Crippen molar-refractivity contribution in [2.24, 2.45) is 0 Å². The first kappa shape index (κ1) is 15.0. The minimum atomic E-state index is -0.449. The van der Waals surface area contributed by atoms with Crippen LogP contribution in [0.4, 0.5) is 5.69 Å². The Morgan fingerprint density at radius 1 is 1.21 bits per heavy atom. The quantitative estimate of drug-likeness (QED) is 0.435. The molecule has 8 heteroatoms. The molecule has 4 nitrogen and oxygen atoms in total. The van der Waals surface area contributed by atoms with Gasteiger partial charge in [-0.05, 0) is 59.9 Å². The summed E-state index contributed by atoms with van der Waals surface area (Å²) in [6.45, 7) is 0.408. The number of non-ortho nitro benzene ring substituents is 1. The highest BCUT2D eigenvalue weighted by Gasteiger charge is 2.15. The Morgan fingerprint density at radius 2 is 1.84 bits per heavy atom. The highest BCUT2D eigenvalue weighted by molar-refractivity contribution is 9.11. The van der Waals surface area contributed by atoms with Crippen molar-refractivity contribution in [3.63, 3.8) is 0 Å². The molecule has 2 aromatic rings. The van der Waals surface area contributed by atoms with Gasteiger partial charge in [0.25, 0.3) is 5.69 Å². The highest BCUT2D eigenvalue weighted by atomic mass is 79.9. The Hall–Kier alpha value is -0.440. The van der Waals surface area contributed by atoms with Crippen LogP contribution >= 0.6 is 59.1 Å². The van der Waals surface area contributed by atoms with Crippen molar-refractivity contribution in [3.05, 3.63) is 52.0 Å². The molecule has 0 bridgehead atoms. The maximum absolute atomic E-state index is 10.7. The summed E-state index contributed by atoms with van der Waals surface area (Å²) in [5, 5.41) is 10.7. The summed E-state index contributed by atoms with van der Waals surface area (Å²) in [5.41, 5.74) is 0.00460. The Kier molecular flexibility index (Phi) is 4.99. The van der Waals surface area contributed by atoms with Crippen LogP contribution in [0.3, 0.4) is 0 Å². The fourth-order valence-electron chi connectivity index (χ4n) is 1.36. The second kappa shape index (κ2) is 6.34. The van der Waals surface area contributed by atoms with E-state index in [9.17, 15) is 10.1 Å². The molecular formula is C11H6Br3NO3S. The van der Waals surface area contributed by atoms with Crippen LogP contribution in [0.15, 0.2) is 37.0 Å². The fourth-order valence-corrected chi connectivity index (χ4v) is 4.15. The normalized spacial score (nSPS) is 10.5. The number of hydrogen-bond acceptors (Lipinski definition) is 4. The fraction of sp³-hybridized carbons (Fsp3) is 0.0909. The molecule has 0 radical (unpaired) electrons. The Morgan fingerprint density at radius 3 is 2.32 bits per heavy atom. The lowest BCUT2D eigenvalue weighted by molar-refractivity contribution is -0.385. The van der Waals surface area contributed by atoms with Crippen LogP contribution in [0.5, 0.6) is 5.75 Å². The van der Waals surface area contributed by atoms with E-state index in [0.29, 0.717) is 21.3 Å². The molecule has 19 heavy (non-hydrogen) atoms. The van der Waals surface area contributed by atoms with Crippen LogP contribution in [-0.4, -0.2) is 4.92 Å². The van der Waals surface area contributed by atoms with Crippen LogP contribution < -0.4 is 4.74 Å². The van der Waals surface area contributed by atoms with Gasteiger partial charge in [-0.2, -0.15) is 0 Å². The molecule has 1 heterocycles. The number of benzene rings is 1. The van der Waals surface area contributed by atoms with Crippen molar-refractivity contribution in [3.8, 4) is 5.75 Å². The van der Waals surface area contributed by atoms with Gasteiger partial charge in [-0.15, -0.1) is 11.3 Å². The maximum atomic E-state index is 10.7. The number of ether oxygens (including phenoxy) is 1. The largest absolute Gasteiger partial charge is 0.486 e. The summed E-state index contributed by atoms with van der Waals surface area (Å²) in [7, 11) is 0. The van der Waals surface area contributed by atoms with E-state index in [1.165, 1.54) is 12.1 Å². The van der Waals surface area contributed by atoms with Gasteiger partial charge < -0.3 is 4.74 Å². The van der Waals surface area contributed by atoms with E-state index in [1.807, 2.05) is 12.1 Å². The summed E-state index contributed by atoms with van der Waals surface area (Å²) in [4.78, 5) is 11.3. The molecule has 0 saturated carbocycles. The molecular weight excluding hydrogens is 466 g/mol. The van der Waals surface area contributed by atoms with Crippen molar-refractivity contribution in [2.45, 2.75) is 6.61 Å². The molecule has 0 aliphatic rings. The Labute approximate surface area is 138 Å². The maximum Gasteiger partial charge on any atom is 0.271 e. The lowest BCUT2D eigenvalue weighted by Gasteiger charge is -2.09. The highest BCUT2D eigenvalue weighted by Crippen LogP contribution is 2.38. The van der Waals surface area contributed by atoms with E-state index < -0.39 is 4.92 Å². The molecule has 1 aromatic carbocycles. The van der Waals surface area contributed by atoms with Crippen LogP contribution in [0.1, 0.15) is 4.88 Å². The molecule has 0 spiro atoms. The van der Waals surface area contributed by atoms with Crippen LogP contribution in [0.25, 0.3) is 0 Å². The first-order chi connectivity index (χ1) is 8.97. The lowest BCUT2D eigenvalue weighted by Crippen LogP contribution is -1.96. The number of thiophene rings is 1. The Bertz CT molecular complexity index is 606. The van der Waals surface area contributed by atoms with E-state index in [2.05, 4.69) is 47.8 Å². The van der Waals surface area contributed by atoms with Crippen LogP contribution in [0.2, 0.25) is 0 Å². The van der Waals surface area contributed by atoms with Gasteiger partial charge in [0.2, 0.25) is 0 Å². The van der Waals surface area contributed by atoms with Gasteiger partial charge in [-0.3, -0.25) is 10.1 Å². The van der Waals surface area contributed by atoms with E-state index in [-0.39, 0.29) is 5.69 Å². The molecule has 0 atom stereocenters. The van der Waals surface area contributed by atoms with Crippen LogP contribution in [-0.2, 0) is 6.61 Å². The number of halogens is 3. The third-order valence-electron chi connectivity index (χ3n) is 2.18. The second-order valence-electron chi connectivity index (χ2n) is 3.49. The monoisotopic (exact) mass is 469 g/mol. The minimum Gasteiger partial charge on any atom is -0.486 e. The average Bonchev–Trinajstić information content (AvgIpc) is 2.73. The SMILES string of the molecule is O=[N+]([O-])c1cc(Br)c(OCc2ccc(Br)s2)c(Br)c1. The molecule has 0 unspecified atom stereocenters. The third-order valence-corrected chi connectivity index (χ3v) is 4.96. The summed E-state index contributed by atoms with van der Waals surface area (Å²) >= 11 is 11.5. The topological polar surface area (TPSA) is 52.4 Å². The van der Waals surface area contributed by atoms with E-state index in [4.69, 9.17) is 4.74 Å². The molecule has 0 amide bonds. The molecule has 1 aromatic heterocycles. The first-order valence-corrected chi connectivity index (χ1v) is 8.17. The standard InChI is InChI=1S/C11H6Br3NO3S/c12-8-3-6(15(16)17)4-9(13)11(8)18-5-7-1-2-10(14)19-7/h1-4H,5H2.